The maximum Gasteiger partial charge on any atom is 0.121 e. The van der Waals surface area contributed by atoms with Gasteiger partial charge in [-0.25, -0.2) is 8.78 Å². The summed E-state index contributed by atoms with van der Waals surface area (Å²) in [5.41, 5.74) is 6.85. The topological polar surface area (TPSA) is 26.0 Å². The van der Waals surface area contributed by atoms with Crippen molar-refractivity contribution in [1.82, 2.24) is 0 Å². The van der Waals surface area contributed by atoms with Crippen molar-refractivity contribution in [3.05, 3.63) is 11.6 Å². The number of halogens is 2. The Hall–Kier alpha value is -0.440. The Morgan fingerprint density at radius 2 is 1.88 bits per heavy atom. The van der Waals surface area contributed by atoms with Crippen LogP contribution in [0.15, 0.2) is 11.6 Å². The molecule has 0 radical (unpaired) electrons. The lowest BCUT2D eigenvalue weighted by molar-refractivity contribution is 0.228. The molecule has 0 aromatic heterocycles. The van der Waals surface area contributed by atoms with Gasteiger partial charge in [0, 0.05) is 12.5 Å². The van der Waals surface area contributed by atoms with Crippen LogP contribution in [-0.2, 0) is 0 Å². The van der Waals surface area contributed by atoms with Crippen molar-refractivity contribution >= 4 is 0 Å². The van der Waals surface area contributed by atoms with E-state index in [1.165, 1.54) is 12.8 Å². The molecule has 0 aromatic rings. The van der Waals surface area contributed by atoms with Gasteiger partial charge >= 0.3 is 0 Å². The Kier molecular flexibility index (Phi) is 4.55. The predicted molar refractivity (Wildman–Crippen MR) is 66.3 cm³/mol. The number of hydrogen-bond acceptors (Lipinski definition) is 1. The minimum atomic E-state index is -1.06. The smallest absolute Gasteiger partial charge is 0.121 e. The van der Waals surface area contributed by atoms with Crippen molar-refractivity contribution in [2.45, 2.75) is 69.8 Å². The summed E-state index contributed by atoms with van der Waals surface area (Å²) < 4.78 is 26.4. The monoisotopic (exact) mass is 243 g/mol. The molecule has 0 saturated heterocycles. The number of alkyl halides is 2. The van der Waals surface area contributed by atoms with E-state index < -0.39 is 12.3 Å². The van der Waals surface area contributed by atoms with Crippen molar-refractivity contribution in [1.29, 1.82) is 0 Å². The Morgan fingerprint density at radius 1 is 1.18 bits per heavy atom. The second-order valence-corrected chi connectivity index (χ2v) is 5.70. The first-order chi connectivity index (χ1) is 8.13. The largest absolute Gasteiger partial charge is 0.328 e. The third kappa shape index (κ3) is 4.06. The molecule has 98 valence electrons. The maximum absolute atomic E-state index is 13.2. The highest BCUT2D eigenvalue weighted by molar-refractivity contribution is 5.11. The number of nitrogens with two attached hydrogens (primary N) is 1. The molecule has 2 unspecified atom stereocenters. The van der Waals surface area contributed by atoms with Gasteiger partial charge in [-0.3, -0.25) is 0 Å². The summed E-state index contributed by atoms with van der Waals surface area (Å²) in [6.07, 6.45) is 6.68. The summed E-state index contributed by atoms with van der Waals surface area (Å²) in [4.78, 5) is 0. The minimum Gasteiger partial charge on any atom is -0.328 e. The molecule has 2 N–H and O–H groups in total. The molecule has 2 aliphatic carbocycles. The second kappa shape index (κ2) is 5.94. The quantitative estimate of drug-likeness (QED) is 0.752. The van der Waals surface area contributed by atoms with Gasteiger partial charge in [-0.1, -0.05) is 11.6 Å². The molecule has 2 atom stereocenters. The van der Waals surface area contributed by atoms with E-state index in [9.17, 15) is 8.78 Å². The lowest BCUT2D eigenvalue weighted by Crippen LogP contribution is -2.26. The molecule has 17 heavy (non-hydrogen) atoms. The molecule has 0 aliphatic heterocycles. The summed E-state index contributed by atoms with van der Waals surface area (Å²) in [5, 5.41) is 0. The third-order valence-electron chi connectivity index (χ3n) is 4.15. The van der Waals surface area contributed by atoms with Crippen LogP contribution in [0.1, 0.15) is 51.4 Å². The predicted octanol–water partition coefficient (Wildman–Crippen LogP) is 3.68. The first-order valence-electron chi connectivity index (χ1n) is 6.86. The van der Waals surface area contributed by atoms with Crippen LogP contribution in [0.25, 0.3) is 0 Å². The third-order valence-corrected chi connectivity index (χ3v) is 4.15. The van der Waals surface area contributed by atoms with Crippen LogP contribution in [0.3, 0.4) is 0 Å². The highest BCUT2D eigenvalue weighted by Crippen LogP contribution is 2.31. The van der Waals surface area contributed by atoms with E-state index in [-0.39, 0.29) is 6.42 Å². The Labute approximate surface area is 102 Å². The van der Waals surface area contributed by atoms with Crippen LogP contribution in [0.2, 0.25) is 0 Å². The summed E-state index contributed by atoms with van der Waals surface area (Å²) in [7, 11) is 0. The van der Waals surface area contributed by atoms with Crippen LogP contribution >= 0.6 is 0 Å². The van der Waals surface area contributed by atoms with Gasteiger partial charge in [0.05, 0.1) is 0 Å². The van der Waals surface area contributed by atoms with E-state index in [1.807, 2.05) is 0 Å². The molecular weight excluding hydrogens is 220 g/mol. The molecule has 2 rings (SSSR count). The van der Waals surface area contributed by atoms with Gasteiger partial charge in [-0.05, 0) is 50.9 Å². The van der Waals surface area contributed by atoms with Crippen molar-refractivity contribution < 1.29 is 8.78 Å². The molecule has 0 heterocycles. The molecule has 2 aliphatic rings. The zero-order valence-electron chi connectivity index (χ0n) is 10.4. The van der Waals surface area contributed by atoms with E-state index in [1.54, 1.807) is 6.08 Å². The fourth-order valence-electron chi connectivity index (χ4n) is 3.06. The van der Waals surface area contributed by atoms with Gasteiger partial charge in [0.15, 0.2) is 0 Å². The zero-order valence-corrected chi connectivity index (χ0v) is 10.4. The number of hydrogen-bond donors (Lipinski definition) is 1. The second-order valence-electron chi connectivity index (χ2n) is 5.70. The normalized spacial score (nSPS) is 38.9. The maximum atomic E-state index is 13.2. The first-order valence-corrected chi connectivity index (χ1v) is 6.86. The number of allylic oxidation sites excluding steroid dienone is 2. The van der Waals surface area contributed by atoms with E-state index in [4.69, 9.17) is 5.73 Å². The highest BCUT2D eigenvalue weighted by atomic mass is 19.1. The first kappa shape index (κ1) is 13.0. The van der Waals surface area contributed by atoms with Crippen molar-refractivity contribution in [3.63, 3.8) is 0 Å². The van der Waals surface area contributed by atoms with Gasteiger partial charge < -0.3 is 5.73 Å². The van der Waals surface area contributed by atoms with Crippen molar-refractivity contribution in [2.24, 2.45) is 11.7 Å². The summed E-state index contributed by atoms with van der Waals surface area (Å²) >= 11 is 0. The molecule has 0 bridgehead atoms. The molecule has 0 amide bonds. The fourth-order valence-corrected chi connectivity index (χ4v) is 3.06. The van der Waals surface area contributed by atoms with Gasteiger partial charge in [-0.2, -0.15) is 0 Å². The van der Waals surface area contributed by atoms with Gasteiger partial charge in [0.25, 0.3) is 0 Å². The van der Waals surface area contributed by atoms with E-state index in [0.717, 1.165) is 31.3 Å². The molecule has 0 aromatic carbocycles. The average molecular weight is 243 g/mol. The van der Waals surface area contributed by atoms with Gasteiger partial charge in [0.1, 0.15) is 12.3 Å². The Morgan fingerprint density at radius 3 is 2.53 bits per heavy atom. The minimum absolute atomic E-state index is 0.0573. The van der Waals surface area contributed by atoms with Crippen LogP contribution in [0.5, 0.6) is 0 Å². The van der Waals surface area contributed by atoms with Crippen LogP contribution < -0.4 is 5.73 Å². The zero-order chi connectivity index (χ0) is 12.3. The molecule has 1 fully saturated rings. The molecule has 0 spiro atoms. The lowest BCUT2D eigenvalue weighted by Gasteiger charge is -2.27. The summed E-state index contributed by atoms with van der Waals surface area (Å²) in [5.74, 6) is 0.716. The van der Waals surface area contributed by atoms with E-state index >= 15 is 0 Å². The van der Waals surface area contributed by atoms with Crippen LogP contribution in [0, 0.1) is 5.92 Å². The molecule has 3 heteroatoms. The summed E-state index contributed by atoms with van der Waals surface area (Å²) in [6, 6.07) is 0.380. The average Bonchev–Trinajstić information content (AvgIpc) is 2.27. The number of rotatable bonds is 3. The van der Waals surface area contributed by atoms with Crippen LogP contribution in [0.4, 0.5) is 8.78 Å². The lowest BCUT2D eigenvalue weighted by atomic mass is 9.82. The van der Waals surface area contributed by atoms with Crippen molar-refractivity contribution in [3.8, 4) is 0 Å². The van der Waals surface area contributed by atoms with Crippen molar-refractivity contribution in [2.75, 3.05) is 0 Å². The molecule has 1 nitrogen and oxygen atoms in total. The highest BCUT2D eigenvalue weighted by Gasteiger charge is 2.23. The van der Waals surface area contributed by atoms with Gasteiger partial charge in [-0.15, -0.1) is 0 Å². The standard InChI is InChI=1S/C14H23F2N/c15-12-7-11(8-13(16)9-12)2-1-10-3-5-14(17)6-4-10/h7,10,12-14H,1-6,8-9,17H2. The van der Waals surface area contributed by atoms with Crippen LogP contribution in [-0.4, -0.2) is 18.4 Å². The SMILES string of the molecule is NC1CCC(CCC2=CC(F)CC(F)C2)CC1. The molecule has 1 saturated carbocycles. The van der Waals surface area contributed by atoms with E-state index in [0.29, 0.717) is 18.4 Å². The van der Waals surface area contributed by atoms with E-state index in [2.05, 4.69) is 0 Å². The Bertz CT molecular complexity index is 269. The van der Waals surface area contributed by atoms with Gasteiger partial charge in [0.2, 0.25) is 0 Å². The fraction of sp³-hybridized carbons (Fsp3) is 0.857. The molecular formula is C14H23F2N. The summed E-state index contributed by atoms with van der Waals surface area (Å²) in [6.45, 7) is 0. The Balaban J connectivity index is 1.74.